The lowest BCUT2D eigenvalue weighted by Gasteiger charge is -2.20. The molecule has 4 rings (SSSR count). The van der Waals surface area contributed by atoms with Gasteiger partial charge in [0.2, 0.25) is 0 Å². The molecule has 0 radical (unpaired) electrons. The lowest BCUT2D eigenvalue weighted by atomic mass is 10.0. The number of nitrogens with zero attached hydrogens (tertiary/aromatic N) is 1. The molecule has 1 aliphatic heterocycles. The van der Waals surface area contributed by atoms with Crippen LogP contribution in [0.3, 0.4) is 0 Å². The van der Waals surface area contributed by atoms with Crippen LogP contribution in [0.25, 0.3) is 5.69 Å². The number of rotatable bonds is 1. The molecule has 1 aliphatic rings. The Morgan fingerprint density at radius 2 is 1.82 bits per heavy atom. The zero-order valence-electron chi connectivity index (χ0n) is 12.3. The molecular formula is C19H17NOS. The Bertz CT molecular complexity index is 809. The minimum absolute atomic E-state index is 0.00111. The molecule has 3 heteroatoms. The van der Waals surface area contributed by atoms with E-state index in [1.165, 1.54) is 10.5 Å². The number of aryl methyl sites for hydroxylation is 1. The van der Waals surface area contributed by atoms with Gasteiger partial charge in [-0.2, -0.15) is 0 Å². The molecule has 0 saturated carbocycles. The molecule has 22 heavy (non-hydrogen) atoms. The monoisotopic (exact) mass is 307 g/mol. The van der Waals surface area contributed by atoms with Crippen molar-refractivity contribution in [3.05, 3.63) is 83.7 Å². The zero-order valence-corrected chi connectivity index (χ0v) is 13.1. The van der Waals surface area contributed by atoms with Crippen molar-refractivity contribution >= 4 is 11.8 Å². The first kappa shape index (κ1) is 13.7. The molecule has 2 aromatic carbocycles. The predicted molar refractivity (Wildman–Crippen MR) is 90.5 cm³/mol. The van der Waals surface area contributed by atoms with E-state index in [1.54, 1.807) is 11.8 Å². The minimum atomic E-state index is -0.532. The van der Waals surface area contributed by atoms with Gasteiger partial charge in [0.05, 0.1) is 16.6 Å². The first-order valence-electron chi connectivity index (χ1n) is 7.42. The van der Waals surface area contributed by atoms with E-state index in [2.05, 4.69) is 41.8 Å². The summed E-state index contributed by atoms with van der Waals surface area (Å²) < 4.78 is 2.11. The quantitative estimate of drug-likeness (QED) is 0.707. The summed E-state index contributed by atoms with van der Waals surface area (Å²) in [6, 6.07) is 20.7. The van der Waals surface area contributed by atoms with E-state index in [0.29, 0.717) is 0 Å². The van der Waals surface area contributed by atoms with Crippen LogP contribution < -0.4 is 0 Å². The fraction of sp³-hybridized carbons (Fsp3) is 0.158. The maximum Gasteiger partial charge on any atom is 0.111 e. The molecule has 0 saturated heterocycles. The van der Waals surface area contributed by atoms with Crippen molar-refractivity contribution in [3.63, 3.8) is 0 Å². The average Bonchev–Trinajstić information content (AvgIpc) is 2.99. The Morgan fingerprint density at radius 3 is 2.64 bits per heavy atom. The summed E-state index contributed by atoms with van der Waals surface area (Å²) in [5.74, 6) is 0. The highest BCUT2D eigenvalue weighted by Crippen LogP contribution is 2.49. The normalized spacial score (nSPS) is 20.1. The van der Waals surface area contributed by atoms with Crippen LogP contribution in [-0.4, -0.2) is 9.67 Å². The Labute approximate surface area is 134 Å². The zero-order chi connectivity index (χ0) is 15.1. The second-order valence-electron chi connectivity index (χ2n) is 5.67. The third-order valence-corrected chi connectivity index (χ3v) is 5.51. The number of thioether (sulfide) groups is 1. The number of aliphatic hydroxyl groups is 1. The third kappa shape index (κ3) is 2.18. The topological polar surface area (TPSA) is 25.2 Å². The lowest BCUT2D eigenvalue weighted by Crippen LogP contribution is -2.09. The molecule has 0 fully saturated rings. The summed E-state index contributed by atoms with van der Waals surface area (Å²) >= 11 is 1.74. The molecule has 0 amide bonds. The van der Waals surface area contributed by atoms with Gasteiger partial charge in [0.1, 0.15) is 6.10 Å². The van der Waals surface area contributed by atoms with E-state index in [4.69, 9.17) is 0 Å². The fourth-order valence-electron chi connectivity index (χ4n) is 3.02. The number of hydrogen-bond donors (Lipinski definition) is 1. The molecule has 0 aliphatic carbocycles. The van der Waals surface area contributed by atoms with Gasteiger partial charge in [-0.1, -0.05) is 36.4 Å². The van der Waals surface area contributed by atoms with Gasteiger partial charge in [-0.3, -0.25) is 0 Å². The molecule has 1 N–H and O–H groups in total. The molecule has 1 aromatic heterocycles. The van der Waals surface area contributed by atoms with Gasteiger partial charge in [-0.25, -0.2) is 0 Å². The van der Waals surface area contributed by atoms with E-state index < -0.39 is 6.10 Å². The Kier molecular flexibility index (Phi) is 3.32. The van der Waals surface area contributed by atoms with Crippen molar-refractivity contribution in [1.82, 2.24) is 4.57 Å². The number of aromatic nitrogens is 1. The summed E-state index contributed by atoms with van der Waals surface area (Å²) in [6.07, 6.45) is 1.50. The van der Waals surface area contributed by atoms with Gasteiger partial charge in [-0.05, 0) is 42.3 Å². The second-order valence-corrected chi connectivity index (χ2v) is 6.85. The molecule has 2 nitrogen and oxygen atoms in total. The minimum Gasteiger partial charge on any atom is -0.385 e. The van der Waals surface area contributed by atoms with E-state index in [9.17, 15) is 5.11 Å². The van der Waals surface area contributed by atoms with E-state index in [-0.39, 0.29) is 5.25 Å². The van der Waals surface area contributed by atoms with Gasteiger partial charge >= 0.3 is 0 Å². The van der Waals surface area contributed by atoms with Crippen molar-refractivity contribution in [2.75, 3.05) is 0 Å². The Hall–Kier alpha value is -1.97. The number of hydrogen-bond acceptors (Lipinski definition) is 2. The van der Waals surface area contributed by atoms with Crippen LogP contribution in [0.1, 0.15) is 28.2 Å². The van der Waals surface area contributed by atoms with E-state index >= 15 is 0 Å². The Balaban J connectivity index is 1.91. The average molecular weight is 307 g/mol. The van der Waals surface area contributed by atoms with Crippen molar-refractivity contribution in [1.29, 1.82) is 0 Å². The molecule has 3 aromatic rings. The van der Waals surface area contributed by atoms with Crippen LogP contribution in [0, 0.1) is 6.92 Å². The predicted octanol–water partition coefficient (Wildman–Crippen LogP) is 4.67. The number of fused-ring (bicyclic) bond motifs is 3. The molecule has 2 atom stereocenters. The van der Waals surface area contributed by atoms with Gasteiger partial charge < -0.3 is 9.67 Å². The van der Waals surface area contributed by atoms with Crippen molar-refractivity contribution in [2.45, 2.75) is 23.2 Å². The van der Waals surface area contributed by atoms with E-state index in [1.807, 2.05) is 36.5 Å². The summed E-state index contributed by atoms with van der Waals surface area (Å²) in [5, 5.41) is 10.9. The van der Waals surface area contributed by atoms with Crippen LogP contribution >= 0.6 is 11.8 Å². The first-order valence-corrected chi connectivity index (χ1v) is 8.30. The van der Waals surface area contributed by atoms with Crippen LogP contribution in [0.4, 0.5) is 0 Å². The van der Waals surface area contributed by atoms with Gasteiger partial charge in [0, 0.05) is 11.1 Å². The molecular weight excluding hydrogens is 290 g/mol. The summed E-state index contributed by atoms with van der Waals surface area (Å²) in [5.41, 5.74) is 4.49. The summed E-state index contributed by atoms with van der Waals surface area (Å²) in [6.45, 7) is 2.10. The van der Waals surface area contributed by atoms with Crippen LogP contribution in [0.5, 0.6) is 0 Å². The van der Waals surface area contributed by atoms with Crippen molar-refractivity contribution in [3.8, 4) is 5.69 Å². The SMILES string of the molecule is Cc1ccc2c(c1)-n1cccc1[C@@H](O)[C@@H](c1ccccc1)S2. The highest BCUT2D eigenvalue weighted by molar-refractivity contribution is 7.99. The van der Waals surface area contributed by atoms with Gasteiger partial charge in [0.25, 0.3) is 0 Å². The first-order chi connectivity index (χ1) is 10.7. The maximum absolute atomic E-state index is 10.9. The van der Waals surface area contributed by atoms with Crippen molar-refractivity contribution < 1.29 is 5.11 Å². The highest BCUT2D eigenvalue weighted by atomic mass is 32.2. The molecule has 0 unspecified atom stereocenters. The smallest absolute Gasteiger partial charge is 0.111 e. The van der Waals surface area contributed by atoms with Gasteiger partial charge in [0.15, 0.2) is 0 Å². The van der Waals surface area contributed by atoms with E-state index in [0.717, 1.165) is 16.9 Å². The molecule has 110 valence electrons. The van der Waals surface area contributed by atoms with Crippen molar-refractivity contribution in [2.24, 2.45) is 0 Å². The maximum atomic E-state index is 10.9. The van der Waals surface area contributed by atoms with Crippen LogP contribution in [0.15, 0.2) is 71.8 Å². The Morgan fingerprint density at radius 1 is 1.00 bits per heavy atom. The van der Waals surface area contributed by atoms with Gasteiger partial charge in [-0.15, -0.1) is 11.8 Å². The largest absolute Gasteiger partial charge is 0.385 e. The lowest BCUT2D eigenvalue weighted by molar-refractivity contribution is 0.169. The summed E-state index contributed by atoms with van der Waals surface area (Å²) in [4.78, 5) is 1.20. The number of aliphatic hydroxyl groups excluding tert-OH is 1. The summed E-state index contributed by atoms with van der Waals surface area (Å²) in [7, 11) is 0. The second kappa shape index (κ2) is 5.34. The molecule has 2 heterocycles. The fourth-order valence-corrected chi connectivity index (χ4v) is 4.28. The molecule has 0 bridgehead atoms. The molecule has 0 spiro atoms. The standard InChI is InChI=1S/C19H17NOS/c1-13-9-10-17-16(12-13)20-11-5-8-15(20)18(21)19(22-17)14-6-3-2-4-7-14/h2-12,18-19,21H,1H3/t18-,19-/m1/s1. The number of benzene rings is 2. The van der Waals surface area contributed by atoms with Crippen LogP contribution in [-0.2, 0) is 0 Å². The highest BCUT2D eigenvalue weighted by Gasteiger charge is 2.30. The third-order valence-electron chi connectivity index (χ3n) is 4.13. The van der Waals surface area contributed by atoms with Crippen LogP contribution in [0.2, 0.25) is 0 Å².